The first-order valence-corrected chi connectivity index (χ1v) is 12.1. The van der Waals surface area contributed by atoms with Crippen molar-refractivity contribution >= 4 is 27.4 Å². The van der Waals surface area contributed by atoms with Gasteiger partial charge in [0.1, 0.15) is 11.4 Å². The van der Waals surface area contributed by atoms with Crippen molar-refractivity contribution < 1.29 is 26.4 Å². The molecule has 1 amide bonds. The quantitative estimate of drug-likeness (QED) is 0.596. The number of hydrogen-bond donors (Lipinski definition) is 1. The molecular formula is C22H20F3N5O3S. The Morgan fingerprint density at radius 3 is 2.41 bits per heavy atom. The van der Waals surface area contributed by atoms with E-state index in [1.807, 2.05) is 13.0 Å². The molecule has 1 aliphatic heterocycles. The standard InChI is InChI=1S/C22H20F3N5O3S/c1-14-10-16(12-17(11-14)28-21-26-5-4-19(29-21)22(23,24)25)15-2-3-18(27-13-15)20(31)30-6-8-34(32,33)9-7-30/h2-5,10-13H,6-9H2,1H3,(H,26,28,29). The van der Waals surface area contributed by atoms with E-state index in [0.29, 0.717) is 11.3 Å². The number of benzene rings is 1. The number of amides is 1. The highest BCUT2D eigenvalue weighted by molar-refractivity contribution is 7.91. The van der Waals surface area contributed by atoms with Crippen LogP contribution in [0.4, 0.5) is 24.8 Å². The van der Waals surface area contributed by atoms with Gasteiger partial charge < -0.3 is 10.2 Å². The van der Waals surface area contributed by atoms with Crippen LogP contribution in [0.15, 0.2) is 48.8 Å². The molecule has 8 nitrogen and oxygen atoms in total. The van der Waals surface area contributed by atoms with Gasteiger partial charge in [-0.25, -0.2) is 18.4 Å². The van der Waals surface area contributed by atoms with Gasteiger partial charge in [-0.05, 0) is 42.3 Å². The van der Waals surface area contributed by atoms with Gasteiger partial charge in [0.2, 0.25) is 5.95 Å². The van der Waals surface area contributed by atoms with Crippen LogP contribution in [0.2, 0.25) is 0 Å². The highest BCUT2D eigenvalue weighted by Gasteiger charge is 2.32. The van der Waals surface area contributed by atoms with E-state index in [9.17, 15) is 26.4 Å². The Labute approximate surface area is 193 Å². The third kappa shape index (κ3) is 5.50. The minimum atomic E-state index is -4.58. The molecule has 1 N–H and O–H groups in total. The number of carbonyl (C=O) groups is 1. The minimum absolute atomic E-state index is 0.0640. The molecule has 0 atom stereocenters. The predicted octanol–water partition coefficient (Wildman–Crippen LogP) is 3.48. The fourth-order valence-electron chi connectivity index (χ4n) is 3.50. The number of anilines is 2. The minimum Gasteiger partial charge on any atom is -0.335 e. The first kappa shape index (κ1) is 23.6. The first-order chi connectivity index (χ1) is 16.0. The number of nitrogens with zero attached hydrogens (tertiary/aromatic N) is 4. The molecule has 0 bridgehead atoms. The van der Waals surface area contributed by atoms with E-state index in [0.717, 1.165) is 23.4 Å². The van der Waals surface area contributed by atoms with Crippen LogP contribution in [0.5, 0.6) is 0 Å². The van der Waals surface area contributed by atoms with Gasteiger partial charge in [0, 0.05) is 36.7 Å². The molecule has 1 aromatic carbocycles. The van der Waals surface area contributed by atoms with Crippen LogP contribution in [0.25, 0.3) is 11.1 Å². The summed E-state index contributed by atoms with van der Waals surface area (Å²) in [6.07, 6.45) is -2.02. The lowest BCUT2D eigenvalue weighted by Gasteiger charge is -2.26. The summed E-state index contributed by atoms with van der Waals surface area (Å²) < 4.78 is 61.9. The molecule has 4 rings (SSSR count). The smallest absolute Gasteiger partial charge is 0.335 e. The van der Waals surface area contributed by atoms with Gasteiger partial charge in [-0.15, -0.1) is 0 Å². The number of aryl methyl sites for hydroxylation is 1. The molecule has 12 heteroatoms. The van der Waals surface area contributed by atoms with E-state index >= 15 is 0 Å². The summed E-state index contributed by atoms with van der Waals surface area (Å²) in [6.45, 7) is 2.10. The first-order valence-electron chi connectivity index (χ1n) is 10.3. The zero-order valence-electron chi connectivity index (χ0n) is 18.0. The Morgan fingerprint density at radius 2 is 1.76 bits per heavy atom. The molecular weight excluding hydrogens is 471 g/mol. The number of alkyl halides is 3. The lowest BCUT2D eigenvalue weighted by atomic mass is 10.0. The number of pyridine rings is 1. The summed E-state index contributed by atoms with van der Waals surface area (Å²) in [7, 11) is -3.10. The molecule has 1 aliphatic rings. The molecule has 1 saturated heterocycles. The monoisotopic (exact) mass is 491 g/mol. The van der Waals surface area contributed by atoms with Gasteiger partial charge in [-0.3, -0.25) is 9.78 Å². The van der Waals surface area contributed by atoms with Gasteiger partial charge in [-0.2, -0.15) is 13.2 Å². The molecule has 3 heterocycles. The van der Waals surface area contributed by atoms with Crippen molar-refractivity contribution in [2.24, 2.45) is 0 Å². The second kappa shape index (κ2) is 9.01. The van der Waals surface area contributed by atoms with Crippen LogP contribution in [-0.2, 0) is 16.0 Å². The van der Waals surface area contributed by atoms with Crippen molar-refractivity contribution in [3.8, 4) is 11.1 Å². The maximum atomic E-state index is 12.9. The number of hydrogen-bond acceptors (Lipinski definition) is 7. The number of aromatic nitrogens is 3. The molecule has 0 aliphatic carbocycles. The number of rotatable bonds is 4. The fourth-order valence-corrected chi connectivity index (χ4v) is 4.70. The third-order valence-corrected chi connectivity index (χ3v) is 6.84. The van der Waals surface area contributed by atoms with E-state index in [1.54, 1.807) is 24.3 Å². The summed E-state index contributed by atoms with van der Waals surface area (Å²) in [5, 5.41) is 2.79. The van der Waals surface area contributed by atoms with Crippen LogP contribution in [-0.4, -0.2) is 58.8 Å². The SMILES string of the molecule is Cc1cc(Nc2nccc(C(F)(F)F)n2)cc(-c2ccc(C(=O)N3CCS(=O)(=O)CC3)nc2)c1. The van der Waals surface area contributed by atoms with Crippen LogP contribution in [0.3, 0.4) is 0 Å². The van der Waals surface area contributed by atoms with Crippen molar-refractivity contribution in [1.82, 2.24) is 19.9 Å². The van der Waals surface area contributed by atoms with Crippen LogP contribution in [0.1, 0.15) is 21.7 Å². The molecule has 3 aromatic rings. The average molecular weight is 491 g/mol. The summed E-state index contributed by atoms with van der Waals surface area (Å²) in [6, 6.07) is 9.39. The fraction of sp³-hybridized carbons (Fsp3) is 0.273. The van der Waals surface area contributed by atoms with Gasteiger partial charge in [0.05, 0.1) is 11.5 Å². The van der Waals surface area contributed by atoms with Crippen molar-refractivity contribution in [3.63, 3.8) is 0 Å². The summed E-state index contributed by atoms with van der Waals surface area (Å²) >= 11 is 0. The van der Waals surface area contributed by atoms with Crippen LogP contribution >= 0.6 is 0 Å². The molecule has 178 valence electrons. The topological polar surface area (TPSA) is 105 Å². The zero-order chi connectivity index (χ0) is 24.5. The summed E-state index contributed by atoms with van der Waals surface area (Å²) in [5.74, 6) is -0.652. The Hall–Kier alpha value is -3.54. The Morgan fingerprint density at radius 1 is 1.03 bits per heavy atom. The molecule has 2 aromatic heterocycles. The number of halogens is 3. The number of nitrogens with one attached hydrogen (secondary N) is 1. The van der Waals surface area contributed by atoms with Crippen LogP contribution < -0.4 is 5.32 Å². The Bertz CT molecular complexity index is 1310. The van der Waals surface area contributed by atoms with E-state index in [4.69, 9.17) is 0 Å². The zero-order valence-corrected chi connectivity index (χ0v) is 18.8. The summed E-state index contributed by atoms with van der Waals surface area (Å²) in [5.41, 5.74) is 1.89. The van der Waals surface area contributed by atoms with E-state index < -0.39 is 21.7 Å². The Kier molecular flexibility index (Phi) is 6.26. The van der Waals surface area contributed by atoms with Crippen LogP contribution in [0, 0.1) is 6.92 Å². The lowest BCUT2D eigenvalue weighted by molar-refractivity contribution is -0.141. The van der Waals surface area contributed by atoms with Crippen molar-refractivity contribution in [1.29, 1.82) is 0 Å². The number of sulfone groups is 1. The third-order valence-electron chi connectivity index (χ3n) is 5.23. The van der Waals surface area contributed by atoms with E-state index in [-0.39, 0.29) is 42.1 Å². The molecule has 1 fully saturated rings. The summed E-state index contributed by atoms with van der Waals surface area (Å²) in [4.78, 5) is 25.7. The van der Waals surface area contributed by atoms with Crippen molar-refractivity contribution in [2.45, 2.75) is 13.1 Å². The average Bonchev–Trinajstić information content (AvgIpc) is 2.78. The normalized spacial score (nSPS) is 15.7. The van der Waals surface area contributed by atoms with E-state index in [1.165, 1.54) is 11.1 Å². The molecule has 34 heavy (non-hydrogen) atoms. The maximum Gasteiger partial charge on any atom is 0.433 e. The molecule has 0 saturated carbocycles. The van der Waals surface area contributed by atoms with Crippen molar-refractivity contribution in [2.75, 3.05) is 29.9 Å². The second-order valence-electron chi connectivity index (χ2n) is 7.85. The Balaban J connectivity index is 1.52. The molecule has 0 unspecified atom stereocenters. The highest BCUT2D eigenvalue weighted by atomic mass is 32.2. The largest absolute Gasteiger partial charge is 0.433 e. The molecule has 0 spiro atoms. The molecule has 0 radical (unpaired) electrons. The van der Waals surface area contributed by atoms with Crippen molar-refractivity contribution in [3.05, 3.63) is 65.7 Å². The highest BCUT2D eigenvalue weighted by Crippen LogP contribution is 2.29. The lowest BCUT2D eigenvalue weighted by Crippen LogP contribution is -2.43. The van der Waals surface area contributed by atoms with Gasteiger partial charge in [0.15, 0.2) is 9.84 Å². The maximum absolute atomic E-state index is 12.9. The second-order valence-corrected chi connectivity index (χ2v) is 10.2. The predicted molar refractivity (Wildman–Crippen MR) is 119 cm³/mol. The van der Waals surface area contributed by atoms with E-state index in [2.05, 4.69) is 20.3 Å². The van der Waals surface area contributed by atoms with Gasteiger partial charge >= 0.3 is 6.18 Å². The van der Waals surface area contributed by atoms with Gasteiger partial charge in [0.25, 0.3) is 5.91 Å². The van der Waals surface area contributed by atoms with Gasteiger partial charge in [-0.1, -0.05) is 12.1 Å². The number of carbonyl (C=O) groups excluding carboxylic acids is 1.